The highest BCUT2D eigenvalue weighted by atomic mass is 35.5. The van der Waals surface area contributed by atoms with Crippen LogP contribution in [-0.2, 0) is 9.59 Å². The lowest BCUT2D eigenvalue weighted by Crippen LogP contribution is -2.38. The molecule has 0 radical (unpaired) electrons. The SMILES string of the molecule is CC(C)C(N)C(=O)Oc1ccc(C(=C(CCCl)c2ccccc2)c2ccc(C=CC(=O)O)cc2)cc1. The van der Waals surface area contributed by atoms with Crippen molar-refractivity contribution in [3.63, 3.8) is 0 Å². The smallest absolute Gasteiger partial charge is 0.328 e. The van der Waals surface area contributed by atoms with Crippen LogP contribution in [0.4, 0.5) is 0 Å². The van der Waals surface area contributed by atoms with Crippen molar-refractivity contribution in [2.45, 2.75) is 26.3 Å². The van der Waals surface area contributed by atoms with Gasteiger partial charge in [0.25, 0.3) is 0 Å². The Bertz CT molecular complexity index is 1230. The number of nitrogens with two attached hydrogens (primary N) is 1. The number of aliphatic carboxylic acids is 1. The molecule has 5 nitrogen and oxygen atoms in total. The number of halogens is 1. The number of carbonyl (C=O) groups excluding carboxylic acids is 1. The molecule has 3 N–H and O–H groups in total. The topological polar surface area (TPSA) is 89.6 Å². The zero-order valence-electron chi connectivity index (χ0n) is 20.4. The molecule has 0 aliphatic carbocycles. The zero-order valence-corrected chi connectivity index (χ0v) is 21.1. The van der Waals surface area contributed by atoms with Crippen LogP contribution in [0.5, 0.6) is 5.75 Å². The van der Waals surface area contributed by atoms with Crippen molar-refractivity contribution in [3.8, 4) is 5.75 Å². The van der Waals surface area contributed by atoms with Crippen LogP contribution in [0.15, 0.2) is 84.9 Å². The maximum atomic E-state index is 12.3. The maximum Gasteiger partial charge on any atom is 0.328 e. The maximum absolute atomic E-state index is 12.3. The lowest BCUT2D eigenvalue weighted by Gasteiger charge is -2.18. The van der Waals surface area contributed by atoms with Gasteiger partial charge in [-0.2, -0.15) is 0 Å². The Kier molecular flexibility index (Phi) is 9.62. The van der Waals surface area contributed by atoms with Gasteiger partial charge in [-0.3, -0.25) is 0 Å². The summed E-state index contributed by atoms with van der Waals surface area (Å²) in [5, 5.41) is 8.91. The minimum atomic E-state index is -0.997. The number of rotatable bonds is 10. The second-order valence-electron chi connectivity index (χ2n) is 8.67. The monoisotopic (exact) mass is 503 g/mol. The fourth-order valence-corrected chi connectivity index (χ4v) is 3.93. The Morgan fingerprint density at radius 1 is 0.917 bits per heavy atom. The van der Waals surface area contributed by atoms with E-state index < -0.39 is 18.0 Å². The molecule has 0 fully saturated rings. The van der Waals surface area contributed by atoms with E-state index in [1.807, 2.05) is 68.4 Å². The van der Waals surface area contributed by atoms with Gasteiger partial charge < -0.3 is 15.6 Å². The van der Waals surface area contributed by atoms with Crippen LogP contribution in [0.2, 0.25) is 0 Å². The minimum Gasteiger partial charge on any atom is -0.478 e. The van der Waals surface area contributed by atoms with E-state index in [0.29, 0.717) is 18.1 Å². The van der Waals surface area contributed by atoms with Crippen molar-refractivity contribution in [2.75, 3.05) is 5.88 Å². The molecule has 0 saturated carbocycles. The number of hydrogen-bond donors (Lipinski definition) is 2. The molecule has 0 spiro atoms. The summed E-state index contributed by atoms with van der Waals surface area (Å²) in [4.78, 5) is 23.2. The molecule has 3 aromatic carbocycles. The average molecular weight is 504 g/mol. The predicted molar refractivity (Wildman–Crippen MR) is 146 cm³/mol. The van der Waals surface area contributed by atoms with Crippen LogP contribution >= 0.6 is 11.6 Å². The third-order valence-electron chi connectivity index (χ3n) is 5.74. The van der Waals surface area contributed by atoms with Crippen LogP contribution in [0.3, 0.4) is 0 Å². The number of hydrogen-bond acceptors (Lipinski definition) is 4. The molecule has 0 aliphatic heterocycles. The number of carbonyl (C=O) groups is 2. The fourth-order valence-electron chi connectivity index (χ4n) is 3.74. The third kappa shape index (κ3) is 7.17. The van der Waals surface area contributed by atoms with Crippen molar-refractivity contribution in [2.24, 2.45) is 11.7 Å². The first-order chi connectivity index (χ1) is 17.3. The van der Waals surface area contributed by atoms with Gasteiger partial charge in [0.2, 0.25) is 0 Å². The first-order valence-electron chi connectivity index (χ1n) is 11.7. The van der Waals surface area contributed by atoms with Gasteiger partial charge >= 0.3 is 11.9 Å². The molecule has 0 amide bonds. The highest BCUT2D eigenvalue weighted by Gasteiger charge is 2.20. The van der Waals surface area contributed by atoms with E-state index >= 15 is 0 Å². The van der Waals surface area contributed by atoms with E-state index in [2.05, 4.69) is 12.1 Å². The Labute approximate surface area is 216 Å². The Hall–Kier alpha value is -3.67. The lowest BCUT2D eigenvalue weighted by atomic mass is 9.88. The van der Waals surface area contributed by atoms with Gasteiger partial charge in [0, 0.05) is 12.0 Å². The molecule has 36 heavy (non-hydrogen) atoms. The van der Waals surface area contributed by atoms with E-state index in [9.17, 15) is 9.59 Å². The van der Waals surface area contributed by atoms with E-state index in [0.717, 1.165) is 39.5 Å². The van der Waals surface area contributed by atoms with Crippen molar-refractivity contribution in [1.82, 2.24) is 0 Å². The van der Waals surface area contributed by atoms with Crippen LogP contribution in [-0.4, -0.2) is 29.0 Å². The second-order valence-corrected chi connectivity index (χ2v) is 9.05. The number of allylic oxidation sites excluding steroid dienone is 1. The summed E-state index contributed by atoms with van der Waals surface area (Å²) in [7, 11) is 0. The van der Waals surface area contributed by atoms with Gasteiger partial charge in [0.15, 0.2) is 0 Å². The van der Waals surface area contributed by atoms with Crippen LogP contribution in [0, 0.1) is 5.92 Å². The quantitative estimate of drug-likeness (QED) is 0.112. The van der Waals surface area contributed by atoms with Crippen LogP contribution < -0.4 is 10.5 Å². The van der Waals surface area contributed by atoms with Gasteiger partial charge in [0.05, 0.1) is 0 Å². The largest absolute Gasteiger partial charge is 0.478 e. The van der Waals surface area contributed by atoms with E-state index in [-0.39, 0.29) is 5.92 Å². The number of carboxylic acids is 1. The number of esters is 1. The summed E-state index contributed by atoms with van der Waals surface area (Å²) in [6.07, 6.45) is 3.30. The summed E-state index contributed by atoms with van der Waals surface area (Å²) in [6.45, 7) is 3.74. The number of carboxylic acid groups (broad SMARTS) is 1. The molecular formula is C30H30ClNO4. The van der Waals surface area contributed by atoms with E-state index in [1.165, 1.54) is 0 Å². The summed E-state index contributed by atoms with van der Waals surface area (Å²) >= 11 is 6.23. The Balaban J connectivity index is 2.07. The summed E-state index contributed by atoms with van der Waals surface area (Å²) in [5.74, 6) is -0.625. The van der Waals surface area contributed by atoms with E-state index in [1.54, 1.807) is 18.2 Å². The molecule has 186 valence electrons. The summed E-state index contributed by atoms with van der Waals surface area (Å²) in [5.41, 5.74) is 11.7. The third-order valence-corrected chi connectivity index (χ3v) is 5.93. The first kappa shape index (κ1) is 26.9. The molecule has 0 bridgehead atoms. The molecule has 3 rings (SSSR count). The molecule has 1 unspecified atom stereocenters. The summed E-state index contributed by atoms with van der Waals surface area (Å²) < 4.78 is 5.48. The molecule has 6 heteroatoms. The molecule has 0 saturated heterocycles. The van der Waals surface area contributed by atoms with Crippen molar-refractivity contribution < 1.29 is 19.4 Å². The van der Waals surface area contributed by atoms with Crippen LogP contribution in [0.1, 0.15) is 42.5 Å². The predicted octanol–water partition coefficient (Wildman–Crippen LogP) is 6.26. The van der Waals surface area contributed by atoms with Gasteiger partial charge in [0.1, 0.15) is 11.8 Å². The Morgan fingerprint density at radius 3 is 2.03 bits per heavy atom. The fraction of sp³-hybridized carbons (Fsp3) is 0.200. The van der Waals surface area contributed by atoms with Crippen molar-refractivity contribution >= 4 is 40.8 Å². The normalized spacial score (nSPS) is 12.9. The van der Waals surface area contributed by atoms with Gasteiger partial charge in [-0.1, -0.05) is 80.6 Å². The van der Waals surface area contributed by atoms with E-state index in [4.69, 9.17) is 27.2 Å². The van der Waals surface area contributed by atoms with Crippen LogP contribution in [0.25, 0.3) is 17.2 Å². The Morgan fingerprint density at radius 2 is 1.50 bits per heavy atom. The molecule has 3 aromatic rings. The number of benzene rings is 3. The molecule has 0 heterocycles. The first-order valence-corrected chi connectivity index (χ1v) is 12.3. The van der Waals surface area contributed by atoms with Gasteiger partial charge in [-0.25, -0.2) is 9.59 Å². The highest BCUT2D eigenvalue weighted by Crippen LogP contribution is 2.35. The molecular weight excluding hydrogens is 474 g/mol. The number of ether oxygens (including phenoxy) is 1. The second kappa shape index (κ2) is 12.9. The summed E-state index contributed by atoms with van der Waals surface area (Å²) in [6, 6.07) is 24.4. The highest BCUT2D eigenvalue weighted by molar-refractivity contribution is 6.18. The van der Waals surface area contributed by atoms with Crippen molar-refractivity contribution in [1.29, 1.82) is 0 Å². The lowest BCUT2D eigenvalue weighted by molar-refractivity contribution is -0.137. The van der Waals surface area contributed by atoms with Gasteiger partial charge in [-0.05, 0) is 63.9 Å². The molecule has 1 atom stereocenters. The zero-order chi connectivity index (χ0) is 26.1. The van der Waals surface area contributed by atoms with Gasteiger partial charge in [-0.15, -0.1) is 11.6 Å². The molecule has 0 aliphatic rings. The molecule has 0 aromatic heterocycles. The standard InChI is InChI=1S/C30H30ClNO4/c1-20(2)29(32)30(35)36-25-15-13-24(14-16-25)28(26(18-19-31)22-6-4-3-5-7-22)23-11-8-21(9-12-23)10-17-27(33)34/h3-17,20,29H,18-19,32H2,1-2H3,(H,33,34). The number of alkyl halides is 1. The average Bonchev–Trinajstić information content (AvgIpc) is 2.88. The minimum absolute atomic E-state index is 0.0244. The van der Waals surface area contributed by atoms with Crippen molar-refractivity contribution in [3.05, 3.63) is 107 Å².